The number of hydrogen-bond donors (Lipinski definition) is 0. The van der Waals surface area contributed by atoms with Gasteiger partial charge < -0.3 is 9.47 Å². The number of aryl methyl sites for hydroxylation is 2. The Hall–Kier alpha value is -2.43. The highest BCUT2D eigenvalue weighted by Gasteiger charge is 2.22. The second-order valence-electron chi connectivity index (χ2n) is 4.57. The molecular weight excluding hydrogens is 268 g/mol. The molecule has 21 heavy (non-hydrogen) atoms. The fraction of sp³-hybridized carbons (Fsp3) is 0.312. The van der Waals surface area contributed by atoms with Crippen LogP contribution in [0.2, 0.25) is 0 Å². The molecule has 0 atom stereocenters. The van der Waals surface area contributed by atoms with Gasteiger partial charge in [0.15, 0.2) is 0 Å². The van der Waals surface area contributed by atoms with Gasteiger partial charge in [-0.25, -0.2) is 0 Å². The molecule has 5 nitrogen and oxygen atoms in total. The molecule has 0 aliphatic carbocycles. The van der Waals surface area contributed by atoms with Crippen LogP contribution < -0.4 is 9.47 Å². The summed E-state index contributed by atoms with van der Waals surface area (Å²) in [5.41, 5.74) is 2.31. The Labute approximate surface area is 123 Å². The van der Waals surface area contributed by atoms with Crippen LogP contribution in [0.15, 0.2) is 24.3 Å². The second kappa shape index (κ2) is 6.35. The SMILES string of the molecule is CCc1nnc(C)cc1C(=O)c1c(OC)cccc1OC. The Balaban J connectivity index is 2.62. The minimum absolute atomic E-state index is 0.167. The summed E-state index contributed by atoms with van der Waals surface area (Å²) in [5, 5.41) is 8.11. The largest absolute Gasteiger partial charge is 0.496 e. The third-order valence-electron chi connectivity index (χ3n) is 3.23. The Bertz CT molecular complexity index is 646. The van der Waals surface area contributed by atoms with E-state index in [2.05, 4.69) is 10.2 Å². The van der Waals surface area contributed by atoms with E-state index in [-0.39, 0.29) is 5.78 Å². The van der Waals surface area contributed by atoms with Crippen LogP contribution in [0.3, 0.4) is 0 Å². The molecule has 1 aromatic carbocycles. The molecule has 1 heterocycles. The Morgan fingerprint density at radius 2 is 1.76 bits per heavy atom. The van der Waals surface area contributed by atoms with Crippen molar-refractivity contribution >= 4 is 5.78 Å². The molecule has 2 rings (SSSR count). The van der Waals surface area contributed by atoms with E-state index in [4.69, 9.17) is 9.47 Å². The molecule has 0 bridgehead atoms. The summed E-state index contributed by atoms with van der Waals surface area (Å²) in [7, 11) is 3.06. The Morgan fingerprint density at radius 3 is 2.29 bits per heavy atom. The highest BCUT2D eigenvalue weighted by Crippen LogP contribution is 2.31. The Kier molecular flexibility index (Phi) is 4.52. The number of carbonyl (C=O) groups is 1. The van der Waals surface area contributed by atoms with Gasteiger partial charge in [0.2, 0.25) is 5.78 Å². The second-order valence-corrected chi connectivity index (χ2v) is 4.57. The normalized spacial score (nSPS) is 10.3. The first-order valence-corrected chi connectivity index (χ1v) is 6.71. The number of aromatic nitrogens is 2. The van der Waals surface area contributed by atoms with Crippen molar-refractivity contribution in [3.8, 4) is 11.5 Å². The fourth-order valence-electron chi connectivity index (χ4n) is 2.18. The molecule has 0 radical (unpaired) electrons. The maximum atomic E-state index is 12.9. The summed E-state index contributed by atoms with van der Waals surface area (Å²) in [6.07, 6.45) is 0.631. The Morgan fingerprint density at radius 1 is 1.14 bits per heavy atom. The van der Waals surface area contributed by atoms with Gasteiger partial charge in [-0.3, -0.25) is 4.79 Å². The first-order valence-electron chi connectivity index (χ1n) is 6.71. The van der Waals surface area contributed by atoms with Gasteiger partial charge in [-0.1, -0.05) is 13.0 Å². The lowest BCUT2D eigenvalue weighted by Crippen LogP contribution is -2.11. The molecule has 0 fully saturated rings. The van der Waals surface area contributed by atoms with E-state index in [9.17, 15) is 4.79 Å². The average Bonchev–Trinajstić information content (AvgIpc) is 2.53. The van der Waals surface area contributed by atoms with Crippen molar-refractivity contribution in [1.29, 1.82) is 0 Å². The summed E-state index contributed by atoms with van der Waals surface area (Å²) in [6.45, 7) is 3.75. The average molecular weight is 286 g/mol. The van der Waals surface area contributed by atoms with Crippen LogP contribution in [-0.2, 0) is 6.42 Å². The number of nitrogens with zero attached hydrogens (tertiary/aromatic N) is 2. The van der Waals surface area contributed by atoms with Crippen LogP contribution >= 0.6 is 0 Å². The summed E-state index contributed by atoms with van der Waals surface area (Å²) < 4.78 is 10.6. The van der Waals surface area contributed by atoms with Gasteiger partial charge in [0, 0.05) is 5.56 Å². The van der Waals surface area contributed by atoms with Crippen molar-refractivity contribution in [3.63, 3.8) is 0 Å². The van der Waals surface area contributed by atoms with Gasteiger partial charge in [-0.05, 0) is 31.5 Å². The zero-order valence-corrected chi connectivity index (χ0v) is 12.6. The standard InChI is InChI=1S/C16H18N2O3/c1-5-12-11(9-10(2)17-18-12)16(19)15-13(20-3)7-6-8-14(15)21-4/h6-9H,5H2,1-4H3. The lowest BCUT2D eigenvalue weighted by molar-refractivity contribution is 0.103. The predicted molar refractivity (Wildman–Crippen MR) is 79.1 cm³/mol. The van der Waals surface area contributed by atoms with E-state index >= 15 is 0 Å². The zero-order chi connectivity index (χ0) is 15.4. The lowest BCUT2D eigenvalue weighted by Gasteiger charge is -2.13. The monoisotopic (exact) mass is 286 g/mol. The summed E-state index contributed by atoms with van der Waals surface area (Å²) >= 11 is 0. The molecule has 2 aromatic rings. The van der Waals surface area contributed by atoms with Crippen LogP contribution in [-0.4, -0.2) is 30.2 Å². The van der Waals surface area contributed by atoms with Crippen LogP contribution in [0.4, 0.5) is 0 Å². The minimum Gasteiger partial charge on any atom is -0.496 e. The first kappa shape index (κ1) is 15.0. The molecule has 1 aromatic heterocycles. The molecule has 110 valence electrons. The zero-order valence-electron chi connectivity index (χ0n) is 12.6. The summed E-state index contributed by atoms with van der Waals surface area (Å²) in [4.78, 5) is 12.9. The maximum Gasteiger partial charge on any atom is 0.202 e. The number of rotatable bonds is 5. The van der Waals surface area contributed by atoms with E-state index in [1.54, 1.807) is 24.3 Å². The number of ether oxygens (including phenoxy) is 2. The molecule has 0 unspecified atom stereocenters. The lowest BCUT2D eigenvalue weighted by atomic mass is 9.99. The van der Waals surface area contributed by atoms with Crippen molar-refractivity contribution in [3.05, 3.63) is 46.8 Å². The quantitative estimate of drug-likeness (QED) is 0.791. The van der Waals surface area contributed by atoms with Crippen molar-refractivity contribution in [1.82, 2.24) is 10.2 Å². The first-order chi connectivity index (χ1) is 10.1. The summed E-state index contributed by atoms with van der Waals surface area (Å²) in [6, 6.07) is 7.01. The molecular formula is C16H18N2O3. The van der Waals surface area contributed by atoms with Crippen molar-refractivity contribution in [2.75, 3.05) is 14.2 Å². The maximum absolute atomic E-state index is 12.9. The molecule has 0 amide bonds. The fourth-order valence-corrected chi connectivity index (χ4v) is 2.18. The smallest absolute Gasteiger partial charge is 0.202 e. The van der Waals surface area contributed by atoms with Gasteiger partial charge in [-0.2, -0.15) is 10.2 Å². The van der Waals surface area contributed by atoms with E-state index in [1.807, 2.05) is 13.8 Å². The molecule has 0 spiro atoms. The number of carbonyl (C=O) groups excluding carboxylic acids is 1. The number of hydrogen-bond acceptors (Lipinski definition) is 5. The topological polar surface area (TPSA) is 61.3 Å². The molecule has 0 N–H and O–H groups in total. The molecule has 0 saturated carbocycles. The van der Waals surface area contributed by atoms with E-state index in [1.165, 1.54) is 14.2 Å². The molecule has 0 aliphatic rings. The summed E-state index contributed by atoms with van der Waals surface area (Å²) in [5.74, 6) is 0.797. The predicted octanol–water partition coefficient (Wildman–Crippen LogP) is 2.60. The molecule has 0 saturated heterocycles. The van der Waals surface area contributed by atoms with Crippen LogP contribution in [0.1, 0.15) is 34.2 Å². The van der Waals surface area contributed by atoms with E-state index < -0.39 is 0 Å². The van der Waals surface area contributed by atoms with Crippen LogP contribution in [0.25, 0.3) is 0 Å². The molecule has 0 aliphatic heterocycles. The third-order valence-corrected chi connectivity index (χ3v) is 3.23. The number of benzene rings is 1. The van der Waals surface area contributed by atoms with Gasteiger partial charge >= 0.3 is 0 Å². The molecule has 5 heteroatoms. The number of ketones is 1. The van der Waals surface area contributed by atoms with Crippen molar-refractivity contribution < 1.29 is 14.3 Å². The van der Waals surface area contributed by atoms with Crippen LogP contribution in [0.5, 0.6) is 11.5 Å². The number of methoxy groups -OCH3 is 2. The highest BCUT2D eigenvalue weighted by atomic mass is 16.5. The minimum atomic E-state index is -0.167. The van der Waals surface area contributed by atoms with Crippen molar-refractivity contribution in [2.45, 2.75) is 20.3 Å². The van der Waals surface area contributed by atoms with Crippen LogP contribution in [0, 0.1) is 6.92 Å². The highest BCUT2D eigenvalue weighted by molar-refractivity contribution is 6.13. The third kappa shape index (κ3) is 2.86. The van der Waals surface area contributed by atoms with Gasteiger partial charge in [0.05, 0.1) is 25.6 Å². The van der Waals surface area contributed by atoms with Gasteiger partial charge in [0.1, 0.15) is 17.1 Å². The van der Waals surface area contributed by atoms with Crippen molar-refractivity contribution in [2.24, 2.45) is 0 Å². The van der Waals surface area contributed by atoms with Gasteiger partial charge in [-0.15, -0.1) is 0 Å². The van der Waals surface area contributed by atoms with E-state index in [0.717, 1.165) is 0 Å². The van der Waals surface area contributed by atoms with Gasteiger partial charge in [0.25, 0.3) is 0 Å². The van der Waals surface area contributed by atoms with E-state index in [0.29, 0.717) is 40.4 Å².